The molecular weight excluding hydrogens is 156 g/mol. The van der Waals surface area contributed by atoms with Crippen LogP contribution < -0.4 is 0 Å². The van der Waals surface area contributed by atoms with Crippen molar-refractivity contribution in [2.75, 3.05) is 0 Å². The van der Waals surface area contributed by atoms with Crippen molar-refractivity contribution in [3.63, 3.8) is 0 Å². The highest BCUT2D eigenvalue weighted by Gasteiger charge is 2.06. The van der Waals surface area contributed by atoms with Gasteiger partial charge in [0.1, 0.15) is 0 Å². The molecule has 0 N–H and O–H groups in total. The molecular formula is C13H19. The third-order valence-corrected chi connectivity index (χ3v) is 2.64. The minimum absolute atomic E-state index is 0.683. The average molecular weight is 175 g/mol. The Morgan fingerprint density at radius 2 is 2.00 bits per heavy atom. The second-order valence-corrected chi connectivity index (χ2v) is 3.61. The molecule has 1 unspecified atom stereocenters. The molecule has 71 valence electrons. The van der Waals surface area contributed by atoms with Crippen LogP contribution in [-0.4, -0.2) is 0 Å². The molecule has 0 bridgehead atoms. The van der Waals surface area contributed by atoms with Crippen LogP contribution in [0.15, 0.2) is 24.3 Å². The lowest BCUT2D eigenvalue weighted by Crippen LogP contribution is -1.97. The van der Waals surface area contributed by atoms with Gasteiger partial charge >= 0.3 is 0 Å². The second-order valence-electron chi connectivity index (χ2n) is 3.61. The lowest BCUT2D eigenvalue weighted by molar-refractivity contribution is 0.720. The van der Waals surface area contributed by atoms with Gasteiger partial charge in [0.15, 0.2) is 0 Å². The van der Waals surface area contributed by atoms with E-state index in [9.17, 15) is 0 Å². The van der Waals surface area contributed by atoms with E-state index in [0.29, 0.717) is 5.92 Å². The third-order valence-electron chi connectivity index (χ3n) is 2.64. The van der Waals surface area contributed by atoms with Gasteiger partial charge in [0.05, 0.1) is 0 Å². The highest BCUT2D eigenvalue weighted by Crippen LogP contribution is 2.23. The zero-order valence-electron chi connectivity index (χ0n) is 8.72. The van der Waals surface area contributed by atoms with E-state index in [0.717, 1.165) is 12.8 Å². The average Bonchev–Trinajstić information content (AvgIpc) is 2.18. The molecule has 1 atom stereocenters. The van der Waals surface area contributed by atoms with Gasteiger partial charge in [0.2, 0.25) is 0 Å². The van der Waals surface area contributed by atoms with Gasteiger partial charge in [0, 0.05) is 0 Å². The van der Waals surface area contributed by atoms with Gasteiger partial charge in [-0.15, -0.1) is 0 Å². The first-order valence-electron chi connectivity index (χ1n) is 5.16. The molecule has 0 heteroatoms. The largest absolute Gasteiger partial charge is 0.0648 e. The maximum Gasteiger partial charge on any atom is -0.0190 e. The topological polar surface area (TPSA) is 0 Å². The van der Waals surface area contributed by atoms with Crippen LogP contribution in [0.1, 0.15) is 43.7 Å². The van der Waals surface area contributed by atoms with Crippen LogP contribution in [-0.2, 0) is 6.42 Å². The summed E-state index contributed by atoms with van der Waals surface area (Å²) in [5.74, 6) is 0.683. The summed E-state index contributed by atoms with van der Waals surface area (Å²) in [7, 11) is 0. The number of hydrogen-bond acceptors (Lipinski definition) is 0. The Morgan fingerprint density at radius 3 is 2.62 bits per heavy atom. The van der Waals surface area contributed by atoms with E-state index < -0.39 is 0 Å². The van der Waals surface area contributed by atoms with Gasteiger partial charge in [-0.2, -0.15) is 0 Å². The molecule has 1 radical (unpaired) electrons. The van der Waals surface area contributed by atoms with Crippen LogP contribution in [0.4, 0.5) is 0 Å². The van der Waals surface area contributed by atoms with E-state index in [4.69, 9.17) is 0 Å². The molecule has 1 aromatic rings. The van der Waals surface area contributed by atoms with Crippen LogP contribution >= 0.6 is 0 Å². The first kappa shape index (κ1) is 10.3. The van der Waals surface area contributed by atoms with Gasteiger partial charge in [0.25, 0.3) is 0 Å². The van der Waals surface area contributed by atoms with Crippen molar-refractivity contribution in [2.45, 2.75) is 39.0 Å². The van der Waals surface area contributed by atoms with Crippen molar-refractivity contribution < 1.29 is 0 Å². The van der Waals surface area contributed by atoms with E-state index >= 15 is 0 Å². The van der Waals surface area contributed by atoms with E-state index in [1.54, 1.807) is 0 Å². The normalized spacial score (nSPS) is 12.8. The highest BCUT2D eigenvalue weighted by atomic mass is 14.1. The van der Waals surface area contributed by atoms with Crippen molar-refractivity contribution in [1.82, 2.24) is 0 Å². The van der Waals surface area contributed by atoms with E-state index in [2.05, 4.69) is 45.0 Å². The Bertz CT molecular complexity index is 250. The first-order chi connectivity index (χ1) is 6.29. The second kappa shape index (κ2) is 5.06. The van der Waals surface area contributed by atoms with Gasteiger partial charge in [-0.25, -0.2) is 0 Å². The summed E-state index contributed by atoms with van der Waals surface area (Å²) >= 11 is 0. The standard InChI is InChI=1S/C13H19/c1-4-8-12-9-6-7-10-13(12)11(3)5-2/h6-7,9-11H,1,4-5,8H2,2-3H3. The maximum absolute atomic E-state index is 3.91. The molecule has 13 heavy (non-hydrogen) atoms. The number of hydrogen-bond donors (Lipinski definition) is 0. The summed E-state index contributed by atoms with van der Waals surface area (Å²) in [5, 5.41) is 0. The Hall–Kier alpha value is -0.780. The smallest absolute Gasteiger partial charge is 0.0190 e. The summed E-state index contributed by atoms with van der Waals surface area (Å²) in [6.45, 7) is 8.44. The molecule has 1 aromatic carbocycles. The molecule has 0 heterocycles. The van der Waals surface area contributed by atoms with Crippen LogP contribution in [0, 0.1) is 6.92 Å². The molecule has 0 aliphatic heterocycles. The van der Waals surface area contributed by atoms with Crippen LogP contribution in [0.3, 0.4) is 0 Å². The van der Waals surface area contributed by atoms with Crippen molar-refractivity contribution in [3.8, 4) is 0 Å². The molecule has 0 nitrogen and oxygen atoms in total. The van der Waals surface area contributed by atoms with Gasteiger partial charge in [-0.05, 0) is 36.3 Å². The van der Waals surface area contributed by atoms with Crippen molar-refractivity contribution in [1.29, 1.82) is 0 Å². The van der Waals surface area contributed by atoms with E-state index in [1.165, 1.54) is 17.5 Å². The monoisotopic (exact) mass is 175 g/mol. The highest BCUT2D eigenvalue weighted by molar-refractivity contribution is 5.30. The minimum atomic E-state index is 0.683. The molecule has 0 saturated carbocycles. The van der Waals surface area contributed by atoms with E-state index in [1.807, 2.05) is 0 Å². The summed E-state index contributed by atoms with van der Waals surface area (Å²) in [4.78, 5) is 0. The number of rotatable bonds is 4. The summed E-state index contributed by atoms with van der Waals surface area (Å²) in [5.41, 5.74) is 2.99. The Labute approximate surface area is 82.0 Å². The number of aryl methyl sites for hydroxylation is 1. The zero-order chi connectivity index (χ0) is 9.68. The molecule has 1 rings (SSSR count). The van der Waals surface area contributed by atoms with Crippen molar-refractivity contribution in [2.24, 2.45) is 0 Å². The van der Waals surface area contributed by atoms with Gasteiger partial charge in [-0.1, -0.05) is 45.0 Å². The Morgan fingerprint density at radius 1 is 1.31 bits per heavy atom. The summed E-state index contributed by atoms with van der Waals surface area (Å²) in [6.07, 6.45) is 3.32. The Balaban J connectivity index is 2.90. The molecule has 0 saturated heterocycles. The van der Waals surface area contributed by atoms with Crippen molar-refractivity contribution in [3.05, 3.63) is 42.3 Å². The molecule has 0 fully saturated rings. The predicted molar refractivity (Wildman–Crippen MR) is 58.8 cm³/mol. The fourth-order valence-electron chi connectivity index (χ4n) is 1.65. The van der Waals surface area contributed by atoms with Gasteiger partial charge < -0.3 is 0 Å². The van der Waals surface area contributed by atoms with Crippen LogP contribution in [0.2, 0.25) is 0 Å². The van der Waals surface area contributed by atoms with Crippen LogP contribution in [0.5, 0.6) is 0 Å². The number of benzene rings is 1. The zero-order valence-corrected chi connectivity index (χ0v) is 8.72. The van der Waals surface area contributed by atoms with Gasteiger partial charge in [-0.3, -0.25) is 0 Å². The summed E-state index contributed by atoms with van der Waals surface area (Å²) in [6, 6.07) is 8.73. The summed E-state index contributed by atoms with van der Waals surface area (Å²) < 4.78 is 0. The maximum atomic E-state index is 3.91. The third kappa shape index (κ3) is 2.58. The molecule has 0 spiro atoms. The van der Waals surface area contributed by atoms with E-state index in [-0.39, 0.29) is 0 Å². The predicted octanol–water partition coefficient (Wildman–Crippen LogP) is 3.97. The lowest BCUT2D eigenvalue weighted by Gasteiger charge is -2.13. The van der Waals surface area contributed by atoms with Crippen LogP contribution in [0.25, 0.3) is 0 Å². The molecule has 0 aliphatic rings. The molecule has 0 aliphatic carbocycles. The molecule has 0 aromatic heterocycles. The quantitative estimate of drug-likeness (QED) is 0.649. The fraction of sp³-hybridized carbons (Fsp3) is 0.462. The fourth-order valence-corrected chi connectivity index (χ4v) is 1.65. The lowest BCUT2D eigenvalue weighted by atomic mass is 9.92. The SMILES string of the molecule is [CH2]CCc1ccccc1C(C)CC. The van der Waals surface area contributed by atoms with Crippen molar-refractivity contribution >= 4 is 0 Å². The first-order valence-corrected chi connectivity index (χ1v) is 5.16. The molecule has 0 amide bonds. The Kier molecular flexibility index (Phi) is 4.01. The minimum Gasteiger partial charge on any atom is -0.0648 e.